The van der Waals surface area contributed by atoms with Gasteiger partial charge in [-0.2, -0.15) is 5.10 Å². The molecule has 2 rings (SSSR count). The summed E-state index contributed by atoms with van der Waals surface area (Å²) < 4.78 is 2.30. The Balaban J connectivity index is 2.19. The molecule has 6 heteroatoms. The van der Waals surface area contributed by atoms with Gasteiger partial charge in [-0.15, -0.1) is 0 Å². The number of benzene rings is 1. The average molecular weight is 357 g/mol. The van der Waals surface area contributed by atoms with E-state index >= 15 is 0 Å². The predicted octanol–water partition coefficient (Wildman–Crippen LogP) is 3.53. The van der Waals surface area contributed by atoms with E-state index < -0.39 is 0 Å². The summed E-state index contributed by atoms with van der Waals surface area (Å²) in [4.78, 5) is 12.0. The van der Waals surface area contributed by atoms with Crippen molar-refractivity contribution in [1.82, 2.24) is 9.78 Å². The molecule has 1 aromatic heterocycles. The molecule has 0 amide bonds. The second kappa shape index (κ2) is 6.90. The molecule has 106 valence electrons. The van der Waals surface area contributed by atoms with E-state index in [4.69, 9.17) is 11.6 Å². The molecule has 20 heavy (non-hydrogen) atoms. The van der Waals surface area contributed by atoms with Crippen LogP contribution in [-0.2, 0) is 6.54 Å². The second-order valence-corrected chi connectivity index (χ2v) is 5.73. The minimum Gasteiger partial charge on any atom is -0.384 e. The molecule has 0 aliphatic rings. The van der Waals surface area contributed by atoms with Gasteiger partial charge in [0.15, 0.2) is 0 Å². The van der Waals surface area contributed by atoms with Gasteiger partial charge < -0.3 is 5.32 Å². The van der Waals surface area contributed by atoms with Gasteiger partial charge in [-0.05, 0) is 24.1 Å². The second-order valence-electron chi connectivity index (χ2n) is 4.40. The molecular weight excluding hydrogens is 342 g/mol. The molecule has 4 nitrogen and oxygen atoms in total. The normalized spacial score (nSPS) is 10.6. The van der Waals surface area contributed by atoms with Crippen LogP contribution in [0.2, 0.25) is 5.02 Å². The average Bonchev–Trinajstić information content (AvgIpc) is 2.42. The third-order valence-corrected chi connectivity index (χ3v) is 3.63. The van der Waals surface area contributed by atoms with Gasteiger partial charge in [-0.25, -0.2) is 4.68 Å². The zero-order valence-electron chi connectivity index (χ0n) is 11.1. The van der Waals surface area contributed by atoms with Crippen LogP contribution in [0.15, 0.2) is 39.7 Å². The highest BCUT2D eigenvalue weighted by Crippen LogP contribution is 2.21. The van der Waals surface area contributed by atoms with Crippen LogP contribution in [0.3, 0.4) is 0 Å². The fraction of sp³-hybridized carbons (Fsp3) is 0.286. The van der Waals surface area contributed by atoms with Gasteiger partial charge in [0.05, 0.1) is 18.4 Å². The van der Waals surface area contributed by atoms with Gasteiger partial charge >= 0.3 is 0 Å². The zero-order valence-corrected chi connectivity index (χ0v) is 13.4. The first kappa shape index (κ1) is 15.1. The lowest BCUT2D eigenvalue weighted by atomic mass is 10.2. The zero-order chi connectivity index (χ0) is 14.5. The van der Waals surface area contributed by atoms with Crippen LogP contribution in [0.1, 0.15) is 18.9 Å². The minimum atomic E-state index is -0.148. The first-order valence-electron chi connectivity index (χ1n) is 6.35. The molecule has 1 N–H and O–H groups in total. The quantitative estimate of drug-likeness (QED) is 0.891. The molecule has 2 aromatic rings. The summed E-state index contributed by atoms with van der Waals surface area (Å²) in [6, 6.07) is 7.13. The Hall–Kier alpha value is -1.33. The Morgan fingerprint density at radius 3 is 2.85 bits per heavy atom. The monoisotopic (exact) mass is 355 g/mol. The number of hydrogen-bond donors (Lipinski definition) is 1. The smallest absolute Gasteiger partial charge is 0.269 e. The molecule has 0 fully saturated rings. The molecule has 0 saturated carbocycles. The molecule has 0 spiro atoms. The van der Waals surface area contributed by atoms with Crippen molar-refractivity contribution in [1.29, 1.82) is 0 Å². The van der Waals surface area contributed by atoms with Gasteiger partial charge in [0, 0.05) is 22.1 Å². The molecule has 0 aliphatic carbocycles. The predicted molar refractivity (Wildman–Crippen MR) is 85.5 cm³/mol. The van der Waals surface area contributed by atoms with Crippen LogP contribution in [0.5, 0.6) is 0 Å². The lowest BCUT2D eigenvalue weighted by Crippen LogP contribution is -2.23. The van der Waals surface area contributed by atoms with E-state index in [0.29, 0.717) is 11.6 Å². The van der Waals surface area contributed by atoms with E-state index in [1.165, 1.54) is 4.68 Å². The number of nitrogens with zero attached hydrogens (tertiary/aromatic N) is 2. The molecule has 0 bridgehead atoms. The Kier molecular flexibility index (Phi) is 5.20. The van der Waals surface area contributed by atoms with Crippen LogP contribution >= 0.6 is 27.5 Å². The van der Waals surface area contributed by atoms with Crippen molar-refractivity contribution < 1.29 is 0 Å². The van der Waals surface area contributed by atoms with E-state index in [1.807, 2.05) is 12.1 Å². The van der Waals surface area contributed by atoms with E-state index in [2.05, 4.69) is 33.3 Å². The van der Waals surface area contributed by atoms with Crippen LogP contribution in [0, 0.1) is 0 Å². The number of hydrogen-bond acceptors (Lipinski definition) is 3. The largest absolute Gasteiger partial charge is 0.384 e. The summed E-state index contributed by atoms with van der Waals surface area (Å²) in [5.74, 6) is 0. The third-order valence-electron chi connectivity index (χ3n) is 2.78. The van der Waals surface area contributed by atoms with Crippen LogP contribution in [-0.4, -0.2) is 16.3 Å². The van der Waals surface area contributed by atoms with Crippen LogP contribution in [0.25, 0.3) is 0 Å². The molecule has 0 saturated heterocycles. The van der Waals surface area contributed by atoms with Crippen LogP contribution in [0.4, 0.5) is 5.69 Å². The number of nitrogens with one attached hydrogen (secondary N) is 1. The van der Waals surface area contributed by atoms with E-state index in [1.54, 1.807) is 18.3 Å². The van der Waals surface area contributed by atoms with Crippen molar-refractivity contribution >= 4 is 33.2 Å². The van der Waals surface area contributed by atoms with Crippen molar-refractivity contribution in [3.8, 4) is 0 Å². The molecule has 0 aliphatic heterocycles. The van der Waals surface area contributed by atoms with Gasteiger partial charge in [-0.1, -0.05) is 40.5 Å². The lowest BCUT2D eigenvalue weighted by Gasteiger charge is -2.08. The summed E-state index contributed by atoms with van der Waals surface area (Å²) in [7, 11) is 0. The van der Waals surface area contributed by atoms with Crippen molar-refractivity contribution in [3.05, 3.63) is 55.9 Å². The topological polar surface area (TPSA) is 46.9 Å². The van der Waals surface area contributed by atoms with Gasteiger partial charge in [0.25, 0.3) is 5.56 Å². The van der Waals surface area contributed by atoms with Gasteiger partial charge in [-0.3, -0.25) is 4.79 Å². The number of anilines is 1. The molecule has 0 atom stereocenters. The molecule has 1 heterocycles. The SMILES string of the molecule is CCCNc1cnn(Cc2ccc(Br)cc2Cl)c(=O)c1. The summed E-state index contributed by atoms with van der Waals surface area (Å²) >= 11 is 9.50. The van der Waals surface area contributed by atoms with Crippen molar-refractivity contribution in [2.75, 3.05) is 11.9 Å². The fourth-order valence-corrected chi connectivity index (χ4v) is 2.46. The summed E-state index contributed by atoms with van der Waals surface area (Å²) in [5.41, 5.74) is 1.46. The highest BCUT2D eigenvalue weighted by atomic mass is 79.9. The van der Waals surface area contributed by atoms with E-state index in [-0.39, 0.29) is 5.56 Å². The maximum absolute atomic E-state index is 12.0. The number of aromatic nitrogens is 2. The lowest BCUT2D eigenvalue weighted by molar-refractivity contribution is 0.639. The highest BCUT2D eigenvalue weighted by Gasteiger charge is 2.05. The summed E-state index contributed by atoms with van der Waals surface area (Å²) in [5, 5.41) is 7.91. The minimum absolute atomic E-state index is 0.148. The highest BCUT2D eigenvalue weighted by molar-refractivity contribution is 9.10. The number of halogens is 2. The standard InChI is InChI=1S/C14H15BrClN3O/c1-2-5-17-12-7-14(20)19(18-8-12)9-10-3-4-11(15)6-13(10)16/h3-4,6-8,17H,2,5,9H2,1H3. The van der Waals surface area contributed by atoms with Crippen molar-refractivity contribution in [3.63, 3.8) is 0 Å². The van der Waals surface area contributed by atoms with Crippen molar-refractivity contribution in [2.24, 2.45) is 0 Å². The summed E-state index contributed by atoms with van der Waals surface area (Å²) in [6.07, 6.45) is 2.65. The molecular formula is C14H15BrClN3O. The molecule has 0 unspecified atom stereocenters. The van der Waals surface area contributed by atoms with Crippen molar-refractivity contribution in [2.45, 2.75) is 19.9 Å². The first-order chi connectivity index (χ1) is 9.60. The maximum Gasteiger partial charge on any atom is 0.269 e. The fourth-order valence-electron chi connectivity index (χ4n) is 1.73. The molecule has 0 radical (unpaired) electrons. The van der Waals surface area contributed by atoms with Gasteiger partial charge in [0.1, 0.15) is 0 Å². The Labute approximate surface area is 130 Å². The van der Waals surface area contributed by atoms with E-state index in [0.717, 1.165) is 28.7 Å². The third kappa shape index (κ3) is 3.84. The maximum atomic E-state index is 12.0. The van der Waals surface area contributed by atoms with E-state index in [9.17, 15) is 4.79 Å². The Bertz CT molecular complexity index is 657. The Morgan fingerprint density at radius 2 is 2.20 bits per heavy atom. The molecule has 1 aromatic carbocycles. The first-order valence-corrected chi connectivity index (χ1v) is 7.52. The van der Waals surface area contributed by atoms with Crippen LogP contribution < -0.4 is 10.9 Å². The van der Waals surface area contributed by atoms with Gasteiger partial charge in [0.2, 0.25) is 0 Å². The number of rotatable bonds is 5. The Morgan fingerprint density at radius 1 is 1.40 bits per heavy atom. The summed E-state index contributed by atoms with van der Waals surface area (Å²) in [6.45, 7) is 3.25.